The monoisotopic (exact) mass is 476 g/mol. The second-order valence-corrected chi connectivity index (χ2v) is 8.28. The van der Waals surface area contributed by atoms with E-state index >= 15 is 0 Å². The first-order valence-electron chi connectivity index (χ1n) is 10.5. The number of aromatic amines is 1. The van der Waals surface area contributed by atoms with Crippen LogP contribution in [0.1, 0.15) is 33.2 Å². The molecule has 1 aliphatic rings. The molecule has 1 atom stereocenters. The normalized spacial score (nSPS) is 14.9. The molecule has 1 unspecified atom stereocenters. The van der Waals surface area contributed by atoms with Crippen LogP contribution in [0.2, 0.25) is 5.02 Å². The predicted molar refractivity (Wildman–Crippen MR) is 126 cm³/mol. The van der Waals surface area contributed by atoms with Crippen molar-refractivity contribution in [1.29, 1.82) is 0 Å². The van der Waals surface area contributed by atoms with Gasteiger partial charge in [-0.1, -0.05) is 29.8 Å². The summed E-state index contributed by atoms with van der Waals surface area (Å²) in [6.45, 7) is 0.325. The lowest BCUT2D eigenvalue weighted by Crippen LogP contribution is -2.29. The van der Waals surface area contributed by atoms with Crippen LogP contribution in [0.3, 0.4) is 0 Å². The highest BCUT2D eigenvalue weighted by atomic mass is 35.5. The molecule has 0 bridgehead atoms. The SMILES string of the molecule is COc1cc(C2c3c(-c4ccc(Cl)cc4)n[nH]c3C(=O)N2Cc2cccnc2)cc(OC)c1O. The van der Waals surface area contributed by atoms with Crippen molar-refractivity contribution in [3.63, 3.8) is 0 Å². The first kappa shape index (κ1) is 21.8. The molecule has 3 heterocycles. The maximum Gasteiger partial charge on any atom is 0.273 e. The number of fused-ring (bicyclic) bond motifs is 1. The second-order valence-electron chi connectivity index (χ2n) is 7.84. The fourth-order valence-electron chi connectivity index (χ4n) is 4.29. The molecule has 9 heteroatoms. The number of aromatic nitrogens is 3. The van der Waals surface area contributed by atoms with Gasteiger partial charge in [0.05, 0.1) is 26.0 Å². The van der Waals surface area contributed by atoms with Crippen LogP contribution in [-0.4, -0.2) is 45.3 Å². The summed E-state index contributed by atoms with van der Waals surface area (Å²) in [6.07, 6.45) is 3.42. The summed E-state index contributed by atoms with van der Waals surface area (Å²) < 4.78 is 10.8. The van der Waals surface area contributed by atoms with Gasteiger partial charge in [-0.15, -0.1) is 0 Å². The van der Waals surface area contributed by atoms with Crippen molar-refractivity contribution >= 4 is 17.5 Å². The van der Waals surface area contributed by atoms with Crippen LogP contribution in [0, 0.1) is 0 Å². The van der Waals surface area contributed by atoms with Crippen molar-refractivity contribution in [2.75, 3.05) is 14.2 Å². The number of halogens is 1. The van der Waals surface area contributed by atoms with Crippen molar-refractivity contribution in [2.24, 2.45) is 0 Å². The number of aromatic hydroxyl groups is 1. The molecule has 0 fully saturated rings. The minimum absolute atomic E-state index is 0.109. The highest BCUT2D eigenvalue weighted by Crippen LogP contribution is 2.47. The summed E-state index contributed by atoms with van der Waals surface area (Å²) in [5.74, 6) is 0.186. The average Bonchev–Trinajstić information content (AvgIpc) is 3.40. The molecule has 2 aromatic carbocycles. The topological polar surface area (TPSA) is 101 Å². The van der Waals surface area contributed by atoms with Crippen LogP contribution in [0.4, 0.5) is 0 Å². The van der Waals surface area contributed by atoms with Crippen LogP contribution < -0.4 is 9.47 Å². The van der Waals surface area contributed by atoms with Crippen molar-refractivity contribution in [2.45, 2.75) is 12.6 Å². The summed E-state index contributed by atoms with van der Waals surface area (Å²) in [6, 6.07) is 13.9. The molecular formula is C25H21ClN4O4. The van der Waals surface area contributed by atoms with Gasteiger partial charge in [-0.2, -0.15) is 5.10 Å². The number of methoxy groups -OCH3 is 2. The zero-order valence-electron chi connectivity index (χ0n) is 18.4. The third-order valence-corrected chi connectivity index (χ3v) is 6.13. The van der Waals surface area contributed by atoms with Crippen molar-refractivity contribution < 1.29 is 19.4 Å². The number of phenolic OH excluding ortho intramolecular Hbond substituents is 1. The van der Waals surface area contributed by atoms with Gasteiger partial charge in [0.15, 0.2) is 11.5 Å². The minimum Gasteiger partial charge on any atom is -0.502 e. The van der Waals surface area contributed by atoms with E-state index in [1.807, 2.05) is 24.3 Å². The Morgan fingerprint density at radius 3 is 2.44 bits per heavy atom. The van der Waals surface area contributed by atoms with E-state index in [1.54, 1.807) is 41.6 Å². The number of rotatable bonds is 6. The summed E-state index contributed by atoms with van der Waals surface area (Å²) in [5.41, 5.74) is 4.19. The lowest BCUT2D eigenvalue weighted by molar-refractivity contribution is 0.0729. The van der Waals surface area contributed by atoms with E-state index in [9.17, 15) is 9.90 Å². The molecule has 8 nitrogen and oxygen atoms in total. The Bertz CT molecular complexity index is 1330. The van der Waals surface area contributed by atoms with Gasteiger partial charge in [-0.3, -0.25) is 14.9 Å². The standard InChI is InChI=1S/C25H21ClN4O4/c1-33-18-10-16(11-19(34-2)24(18)31)23-20-21(15-5-7-17(26)8-6-15)28-29-22(20)25(32)30(23)13-14-4-3-9-27-12-14/h3-12,23,31H,13H2,1-2H3,(H,28,29). The molecule has 0 spiro atoms. The lowest BCUT2D eigenvalue weighted by Gasteiger charge is -2.27. The van der Waals surface area contributed by atoms with Gasteiger partial charge in [-0.05, 0) is 41.5 Å². The number of benzene rings is 2. The molecule has 2 aromatic heterocycles. The highest BCUT2D eigenvalue weighted by molar-refractivity contribution is 6.30. The number of ether oxygens (including phenoxy) is 2. The first-order valence-corrected chi connectivity index (χ1v) is 10.9. The van der Waals surface area contributed by atoms with E-state index in [-0.39, 0.29) is 23.2 Å². The number of carbonyl (C=O) groups is 1. The number of carbonyl (C=O) groups excluding carboxylic acids is 1. The second kappa shape index (κ2) is 8.72. The molecule has 172 valence electrons. The van der Waals surface area contributed by atoms with Gasteiger partial charge >= 0.3 is 0 Å². The number of amides is 1. The summed E-state index contributed by atoms with van der Waals surface area (Å²) in [4.78, 5) is 19.5. The van der Waals surface area contributed by atoms with Gasteiger partial charge in [0, 0.05) is 35.1 Å². The van der Waals surface area contributed by atoms with Gasteiger partial charge in [-0.25, -0.2) is 0 Å². The van der Waals surface area contributed by atoms with Crippen LogP contribution in [0.5, 0.6) is 17.2 Å². The molecule has 0 saturated heterocycles. The highest BCUT2D eigenvalue weighted by Gasteiger charge is 2.42. The van der Waals surface area contributed by atoms with E-state index in [0.29, 0.717) is 28.5 Å². The minimum atomic E-state index is -0.518. The molecule has 2 N–H and O–H groups in total. The Labute approximate surface area is 200 Å². The van der Waals surface area contributed by atoms with E-state index in [2.05, 4.69) is 15.2 Å². The smallest absolute Gasteiger partial charge is 0.273 e. The van der Waals surface area contributed by atoms with Crippen LogP contribution in [-0.2, 0) is 6.54 Å². The number of nitrogens with one attached hydrogen (secondary N) is 1. The number of phenols is 1. The lowest BCUT2D eigenvalue weighted by atomic mass is 9.95. The van der Waals surface area contributed by atoms with Crippen LogP contribution >= 0.6 is 11.6 Å². The number of nitrogens with zero attached hydrogens (tertiary/aromatic N) is 3. The zero-order chi connectivity index (χ0) is 23.8. The van der Waals surface area contributed by atoms with Gasteiger partial charge in [0.25, 0.3) is 5.91 Å². The summed E-state index contributed by atoms with van der Waals surface area (Å²) in [5, 5.41) is 18.5. The van der Waals surface area contributed by atoms with E-state index in [1.165, 1.54) is 14.2 Å². The van der Waals surface area contributed by atoms with Crippen molar-refractivity contribution in [3.8, 4) is 28.5 Å². The maximum atomic E-state index is 13.6. The molecule has 0 aliphatic carbocycles. The maximum absolute atomic E-state index is 13.6. The molecular weight excluding hydrogens is 456 g/mol. The zero-order valence-corrected chi connectivity index (χ0v) is 19.2. The molecule has 5 rings (SSSR count). The fourth-order valence-corrected chi connectivity index (χ4v) is 4.42. The van der Waals surface area contributed by atoms with Gasteiger partial charge in [0.2, 0.25) is 5.75 Å². The molecule has 4 aromatic rings. The molecule has 1 amide bonds. The van der Waals surface area contributed by atoms with Gasteiger partial charge in [0.1, 0.15) is 5.69 Å². The van der Waals surface area contributed by atoms with E-state index < -0.39 is 6.04 Å². The Morgan fingerprint density at radius 2 is 1.82 bits per heavy atom. The van der Waals surface area contributed by atoms with Crippen LogP contribution in [0.25, 0.3) is 11.3 Å². The van der Waals surface area contributed by atoms with E-state index in [0.717, 1.165) is 16.7 Å². The first-order chi connectivity index (χ1) is 16.5. The summed E-state index contributed by atoms with van der Waals surface area (Å²) >= 11 is 6.09. The number of hydrogen-bond acceptors (Lipinski definition) is 6. The van der Waals surface area contributed by atoms with Crippen molar-refractivity contribution in [1.82, 2.24) is 20.1 Å². The number of hydrogen-bond donors (Lipinski definition) is 2. The molecule has 34 heavy (non-hydrogen) atoms. The fraction of sp³-hybridized carbons (Fsp3) is 0.160. The third kappa shape index (κ3) is 3.62. The number of H-pyrrole nitrogens is 1. The number of pyridine rings is 1. The average molecular weight is 477 g/mol. The van der Waals surface area contributed by atoms with Crippen molar-refractivity contribution in [3.05, 3.63) is 88.3 Å². The predicted octanol–water partition coefficient (Wildman–Crippen LogP) is 4.59. The Balaban J connectivity index is 1.70. The molecule has 0 saturated carbocycles. The van der Waals surface area contributed by atoms with Crippen LogP contribution in [0.15, 0.2) is 60.9 Å². The molecule has 0 radical (unpaired) electrons. The van der Waals surface area contributed by atoms with Gasteiger partial charge < -0.3 is 19.5 Å². The quantitative estimate of drug-likeness (QED) is 0.422. The Kier molecular flexibility index (Phi) is 5.59. The largest absolute Gasteiger partial charge is 0.502 e. The molecule has 1 aliphatic heterocycles. The van der Waals surface area contributed by atoms with E-state index in [4.69, 9.17) is 21.1 Å². The third-order valence-electron chi connectivity index (χ3n) is 5.88. The Morgan fingerprint density at radius 1 is 1.12 bits per heavy atom. The summed E-state index contributed by atoms with van der Waals surface area (Å²) in [7, 11) is 2.93. The Hall–Kier alpha value is -4.04.